The van der Waals surface area contributed by atoms with Crippen LogP contribution in [-0.2, 0) is 0 Å². The van der Waals surface area contributed by atoms with Crippen LogP contribution < -0.4 is 15.0 Å². The van der Waals surface area contributed by atoms with Gasteiger partial charge in [0.05, 0.1) is 10.6 Å². The summed E-state index contributed by atoms with van der Waals surface area (Å²) in [7, 11) is 0. The number of halogens is 3. The summed E-state index contributed by atoms with van der Waals surface area (Å²) in [5, 5.41) is 12.3. The van der Waals surface area contributed by atoms with Crippen LogP contribution in [0.5, 0.6) is 5.75 Å². The fourth-order valence-corrected chi connectivity index (χ4v) is 6.58. The van der Waals surface area contributed by atoms with E-state index in [1.54, 1.807) is 18.2 Å². The summed E-state index contributed by atoms with van der Waals surface area (Å²) in [6, 6.07) is 9.00. The molecule has 9 heteroatoms. The Balaban J connectivity index is 1.44. The molecule has 2 fully saturated rings. The maximum atomic E-state index is 15.2. The van der Waals surface area contributed by atoms with Crippen molar-refractivity contribution in [3.8, 4) is 11.8 Å². The normalized spacial score (nSPS) is 22.1. The van der Waals surface area contributed by atoms with Crippen LogP contribution in [0.3, 0.4) is 0 Å². The monoisotopic (exact) mass is 558 g/mol. The summed E-state index contributed by atoms with van der Waals surface area (Å²) in [5.74, 6) is -2.02. The predicted molar refractivity (Wildman–Crippen MR) is 149 cm³/mol. The van der Waals surface area contributed by atoms with Gasteiger partial charge < -0.3 is 15.0 Å². The third-order valence-electron chi connectivity index (χ3n) is 8.25. The second kappa shape index (κ2) is 11.3. The Labute approximate surface area is 234 Å². The first-order valence-electron chi connectivity index (χ1n) is 13.5. The molecule has 2 aromatic carbocycles. The molecule has 6 nitrogen and oxygen atoms in total. The Morgan fingerprint density at radius 2 is 1.72 bits per heavy atom. The molecule has 1 saturated heterocycles. The highest BCUT2D eigenvalue weighted by atomic mass is 35.5. The first kappa shape index (κ1) is 29.1. The first-order chi connectivity index (χ1) is 18.4. The van der Waals surface area contributed by atoms with Crippen molar-refractivity contribution >= 4 is 23.2 Å². The summed E-state index contributed by atoms with van der Waals surface area (Å²) < 4.78 is 36.6. The molecule has 0 aromatic heterocycles. The fourth-order valence-electron chi connectivity index (χ4n) is 6.37. The summed E-state index contributed by atoms with van der Waals surface area (Å²) in [6.07, 6.45) is 1.94. The standard InChI is InChI=1S/C30H37ClF2N4O2/c1-6-7-10-36-11-13-37(14-12-36)20-15-23(32)25(24(33)16-20)26(38)35-27-29(2,3)28(30(27,4)5)39-21-9-8-19(18-34)22(31)17-21/h8-9,15-17,27-28H,6-7,10-14H2,1-5H3,(H,35,38). The van der Waals surface area contributed by atoms with Gasteiger partial charge in [-0.25, -0.2) is 8.78 Å². The minimum atomic E-state index is -0.870. The predicted octanol–water partition coefficient (Wildman–Crippen LogP) is 6.02. The van der Waals surface area contributed by atoms with Crippen molar-refractivity contribution in [3.05, 3.63) is 58.1 Å². The van der Waals surface area contributed by atoms with Gasteiger partial charge in [-0.15, -0.1) is 0 Å². The van der Waals surface area contributed by atoms with Crippen LogP contribution in [0.25, 0.3) is 0 Å². The summed E-state index contributed by atoms with van der Waals surface area (Å²) in [5.41, 5.74) is -0.871. The second-order valence-corrected chi connectivity index (χ2v) is 12.2. The lowest BCUT2D eigenvalue weighted by atomic mass is 9.49. The summed E-state index contributed by atoms with van der Waals surface area (Å²) in [4.78, 5) is 17.5. The van der Waals surface area contributed by atoms with Crippen LogP contribution >= 0.6 is 11.6 Å². The van der Waals surface area contributed by atoms with Gasteiger partial charge in [0.1, 0.15) is 35.1 Å². The van der Waals surface area contributed by atoms with Gasteiger partial charge in [-0.3, -0.25) is 9.69 Å². The van der Waals surface area contributed by atoms with Gasteiger partial charge >= 0.3 is 0 Å². The van der Waals surface area contributed by atoms with Crippen molar-refractivity contribution in [1.82, 2.24) is 10.2 Å². The molecule has 210 valence electrons. The Morgan fingerprint density at radius 3 is 2.26 bits per heavy atom. The number of rotatable bonds is 8. The number of amides is 1. The molecular weight excluding hydrogens is 522 g/mol. The Morgan fingerprint density at radius 1 is 1.10 bits per heavy atom. The molecule has 0 radical (unpaired) electrons. The molecule has 0 spiro atoms. The molecule has 0 atom stereocenters. The van der Waals surface area contributed by atoms with Crippen molar-refractivity contribution in [2.75, 3.05) is 37.6 Å². The van der Waals surface area contributed by atoms with E-state index in [2.05, 4.69) is 17.1 Å². The number of hydrogen-bond acceptors (Lipinski definition) is 5. The Hall–Kier alpha value is -2.89. The quantitative estimate of drug-likeness (QED) is 0.429. The topological polar surface area (TPSA) is 68.6 Å². The number of unbranched alkanes of at least 4 members (excludes halogenated alkanes) is 1. The zero-order valence-electron chi connectivity index (χ0n) is 23.3. The number of carbonyl (C=O) groups is 1. The molecule has 0 bridgehead atoms. The van der Waals surface area contributed by atoms with Gasteiger partial charge in [0, 0.05) is 54.8 Å². The maximum absolute atomic E-state index is 15.2. The molecule has 0 unspecified atom stereocenters. The average molecular weight is 559 g/mol. The number of ether oxygens (including phenoxy) is 1. The molecule has 1 aliphatic heterocycles. The van der Waals surface area contributed by atoms with Gasteiger partial charge in [-0.05, 0) is 37.2 Å². The third kappa shape index (κ3) is 5.71. The first-order valence-corrected chi connectivity index (χ1v) is 13.9. The third-order valence-corrected chi connectivity index (χ3v) is 8.56. The van der Waals surface area contributed by atoms with Crippen LogP contribution in [0, 0.1) is 33.8 Å². The van der Waals surface area contributed by atoms with E-state index in [0.717, 1.165) is 32.5 Å². The number of carbonyl (C=O) groups excluding carboxylic acids is 1. The van der Waals surface area contributed by atoms with E-state index in [-0.39, 0.29) is 6.10 Å². The molecule has 1 amide bonds. The van der Waals surface area contributed by atoms with Crippen molar-refractivity contribution < 1.29 is 18.3 Å². The fraction of sp³-hybridized carbons (Fsp3) is 0.533. The van der Waals surface area contributed by atoms with Crippen LogP contribution in [0.4, 0.5) is 14.5 Å². The van der Waals surface area contributed by atoms with E-state index >= 15 is 8.78 Å². The average Bonchev–Trinajstić information content (AvgIpc) is 2.88. The van der Waals surface area contributed by atoms with E-state index < -0.39 is 40.0 Å². The van der Waals surface area contributed by atoms with Crippen LogP contribution in [0.2, 0.25) is 5.02 Å². The number of hydrogen-bond donors (Lipinski definition) is 1. The van der Waals surface area contributed by atoms with Crippen molar-refractivity contribution in [1.29, 1.82) is 5.26 Å². The van der Waals surface area contributed by atoms with E-state index in [9.17, 15) is 4.79 Å². The number of anilines is 1. The molecule has 2 aromatic rings. The second-order valence-electron chi connectivity index (χ2n) is 11.8. The smallest absolute Gasteiger partial charge is 0.257 e. The molecule has 4 rings (SSSR count). The molecule has 2 aliphatic rings. The van der Waals surface area contributed by atoms with E-state index in [1.807, 2.05) is 38.7 Å². The molecule has 1 aliphatic carbocycles. The van der Waals surface area contributed by atoms with Crippen LogP contribution in [-0.4, -0.2) is 55.7 Å². The zero-order chi connectivity index (χ0) is 28.5. The van der Waals surface area contributed by atoms with Crippen molar-refractivity contribution in [2.24, 2.45) is 10.8 Å². The Kier molecular flexibility index (Phi) is 8.44. The van der Waals surface area contributed by atoms with Gasteiger partial charge in [0.25, 0.3) is 5.91 Å². The lowest BCUT2D eigenvalue weighted by Crippen LogP contribution is -2.74. The minimum Gasteiger partial charge on any atom is -0.489 e. The van der Waals surface area contributed by atoms with Crippen molar-refractivity contribution in [3.63, 3.8) is 0 Å². The highest BCUT2D eigenvalue weighted by Gasteiger charge is 2.64. The molecular formula is C30H37ClF2N4O2. The minimum absolute atomic E-state index is 0.294. The maximum Gasteiger partial charge on any atom is 0.257 e. The number of piperazine rings is 1. The number of nitrogens with zero attached hydrogens (tertiary/aromatic N) is 3. The number of benzene rings is 2. The number of nitrogens with one attached hydrogen (secondary N) is 1. The van der Waals surface area contributed by atoms with Gasteiger partial charge in [-0.1, -0.05) is 52.6 Å². The highest BCUT2D eigenvalue weighted by Crippen LogP contribution is 2.55. The van der Waals surface area contributed by atoms with E-state index in [4.69, 9.17) is 21.6 Å². The molecule has 1 saturated carbocycles. The van der Waals surface area contributed by atoms with Gasteiger partial charge in [0.2, 0.25) is 0 Å². The SMILES string of the molecule is CCCCN1CCN(c2cc(F)c(C(=O)NC3C(C)(C)C(Oc4ccc(C#N)c(Cl)c4)C3(C)C)c(F)c2)CC1. The van der Waals surface area contributed by atoms with E-state index in [0.29, 0.717) is 35.1 Å². The molecule has 1 heterocycles. The van der Waals surface area contributed by atoms with E-state index in [1.165, 1.54) is 12.1 Å². The van der Waals surface area contributed by atoms with Gasteiger partial charge in [-0.2, -0.15) is 5.26 Å². The van der Waals surface area contributed by atoms with Crippen LogP contribution in [0.15, 0.2) is 30.3 Å². The summed E-state index contributed by atoms with van der Waals surface area (Å²) >= 11 is 6.16. The lowest BCUT2D eigenvalue weighted by Gasteiger charge is -2.63. The largest absolute Gasteiger partial charge is 0.489 e. The molecule has 39 heavy (non-hydrogen) atoms. The van der Waals surface area contributed by atoms with Crippen molar-refractivity contribution in [2.45, 2.75) is 59.6 Å². The number of nitriles is 1. The molecule has 1 N–H and O–H groups in total. The summed E-state index contributed by atoms with van der Waals surface area (Å²) in [6.45, 7) is 14.0. The Bertz CT molecular complexity index is 1230. The highest BCUT2D eigenvalue weighted by molar-refractivity contribution is 6.31. The zero-order valence-corrected chi connectivity index (χ0v) is 24.0. The van der Waals surface area contributed by atoms with Gasteiger partial charge in [0.15, 0.2) is 0 Å². The van der Waals surface area contributed by atoms with Crippen LogP contribution in [0.1, 0.15) is 63.4 Å². The lowest BCUT2D eigenvalue weighted by molar-refractivity contribution is -0.164.